The molecule has 6 aliphatic heterocycles. The van der Waals surface area contributed by atoms with Gasteiger partial charge in [0.25, 0.3) is 16.7 Å². The maximum atomic E-state index is 15.2. The van der Waals surface area contributed by atoms with Crippen molar-refractivity contribution in [1.29, 1.82) is 0 Å². The van der Waals surface area contributed by atoms with Crippen LogP contribution in [0.4, 0.5) is 17.2 Å². The summed E-state index contributed by atoms with van der Waals surface area (Å²) in [5.41, 5.74) is 5.23. The summed E-state index contributed by atoms with van der Waals surface area (Å²) in [4.78, 5) is 114. The molecule has 0 atom stereocenters. The standard InChI is InChI=1S/C54H54Cl3N13O6/c1-31-38-23-66(45(71)13-33-19-64(20-33)36-15-59-29-60-16-36)27-42(38)69(53(75)48(31)55)11-9-37-39-24-67(46(72)14-34-21-65(22-34)44-8-10-58-30-61-44)28-43(39)70(54(76)49(37)56)51-40-25-68(26-41(40)62(2)52(74)50(51)57)47(73)12-32-17-63(18-32)35-6-4-3-5-7-35/h3-8,10,15-16,29-30,32-34H,9,11-14,17-28H2,1-2H3. The third-order valence-corrected chi connectivity index (χ3v) is 17.6. The van der Waals surface area contributed by atoms with Crippen molar-refractivity contribution in [1.82, 2.24) is 48.3 Å². The van der Waals surface area contributed by atoms with Crippen LogP contribution < -0.4 is 31.4 Å². The summed E-state index contributed by atoms with van der Waals surface area (Å²) in [6.45, 7) is 6.86. The molecule has 6 aromatic rings. The molecule has 5 aromatic heterocycles. The Kier molecular flexibility index (Phi) is 13.0. The number of aromatic nitrogens is 7. The highest BCUT2D eigenvalue weighted by atomic mass is 35.5. The molecule has 0 saturated carbocycles. The van der Waals surface area contributed by atoms with Gasteiger partial charge in [0, 0.05) is 138 Å². The van der Waals surface area contributed by atoms with Crippen molar-refractivity contribution in [2.75, 3.05) is 54.0 Å². The van der Waals surface area contributed by atoms with Gasteiger partial charge in [-0.15, -0.1) is 0 Å². The zero-order valence-corrected chi connectivity index (χ0v) is 44.3. The van der Waals surface area contributed by atoms with Crippen LogP contribution in [0, 0.1) is 24.7 Å². The van der Waals surface area contributed by atoms with Crippen molar-refractivity contribution in [3.63, 3.8) is 0 Å². The molecule has 12 rings (SSSR count). The number of para-hydroxylation sites is 1. The molecule has 0 aliphatic carbocycles. The lowest BCUT2D eigenvalue weighted by Gasteiger charge is -2.41. The molecule has 392 valence electrons. The number of hydrogen-bond acceptors (Lipinski definition) is 13. The average molecular weight is 1090 g/mol. The van der Waals surface area contributed by atoms with Crippen LogP contribution in [-0.2, 0) is 73.7 Å². The van der Waals surface area contributed by atoms with Gasteiger partial charge in [0.2, 0.25) is 17.7 Å². The molecule has 11 heterocycles. The van der Waals surface area contributed by atoms with Crippen LogP contribution in [0.3, 0.4) is 0 Å². The number of hydrogen-bond donors (Lipinski definition) is 0. The highest BCUT2D eigenvalue weighted by molar-refractivity contribution is 6.33. The van der Waals surface area contributed by atoms with E-state index in [2.05, 4.69) is 46.8 Å². The molecule has 19 nitrogen and oxygen atoms in total. The monoisotopic (exact) mass is 1090 g/mol. The van der Waals surface area contributed by atoms with E-state index < -0.39 is 16.7 Å². The van der Waals surface area contributed by atoms with Crippen LogP contribution in [0.15, 0.2) is 82.0 Å². The molecule has 3 saturated heterocycles. The van der Waals surface area contributed by atoms with E-state index in [4.69, 9.17) is 34.8 Å². The second-order valence-electron chi connectivity index (χ2n) is 21.1. The molecule has 22 heteroatoms. The zero-order chi connectivity index (χ0) is 52.7. The summed E-state index contributed by atoms with van der Waals surface area (Å²) < 4.78 is 4.42. The topological polar surface area (TPSA) is 188 Å². The molecule has 1 aromatic carbocycles. The predicted octanol–water partition coefficient (Wildman–Crippen LogP) is 4.90. The first-order valence-electron chi connectivity index (χ1n) is 25.6. The van der Waals surface area contributed by atoms with Gasteiger partial charge in [-0.05, 0) is 53.8 Å². The van der Waals surface area contributed by atoms with Crippen LogP contribution in [-0.4, -0.2) is 105 Å². The highest BCUT2D eigenvalue weighted by Gasteiger charge is 2.40. The molecule has 0 N–H and O–H groups in total. The van der Waals surface area contributed by atoms with Gasteiger partial charge in [0.15, 0.2) is 0 Å². The van der Waals surface area contributed by atoms with E-state index in [0.29, 0.717) is 84.9 Å². The molecule has 6 aliphatic rings. The minimum atomic E-state index is -0.646. The molecule has 76 heavy (non-hydrogen) atoms. The summed E-state index contributed by atoms with van der Waals surface area (Å²) in [6.07, 6.45) is 9.16. The van der Waals surface area contributed by atoms with Gasteiger partial charge in [0.05, 0.1) is 49.1 Å². The van der Waals surface area contributed by atoms with Crippen molar-refractivity contribution in [3.05, 3.63) is 159 Å². The third-order valence-electron chi connectivity index (χ3n) is 16.4. The van der Waals surface area contributed by atoms with Crippen molar-refractivity contribution >= 4 is 69.7 Å². The minimum absolute atomic E-state index is 0.0130. The first-order chi connectivity index (χ1) is 36.7. The molecule has 0 bridgehead atoms. The lowest BCUT2D eigenvalue weighted by atomic mass is 9.95. The van der Waals surface area contributed by atoms with E-state index in [1.54, 1.807) is 51.8 Å². The summed E-state index contributed by atoms with van der Waals surface area (Å²) in [7, 11) is 1.61. The Hall–Kier alpha value is -7.09. The van der Waals surface area contributed by atoms with E-state index in [9.17, 15) is 24.0 Å². The highest BCUT2D eigenvalue weighted by Crippen LogP contribution is 2.39. The van der Waals surface area contributed by atoms with Crippen molar-refractivity contribution < 1.29 is 14.4 Å². The number of amides is 3. The van der Waals surface area contributed by atoms with Crippen molar-refractivity contribution in [3.8, 4) is 5.69 Å². The lowest BCUT2D eigenvalue weighted by Crippen LogP contribution is -2.49. The fourth-order valence-electron chi connectivity index (χ4n) is 12.1. The van der Waals surface area contributed by atoms with Gasteiger partial charge in [-0.3, -0.25) is 33.3 Å². The normalized spacial score (nSPS) is 17.2. The van der Waals surface area contributed by atoms with Gasteiger partial charge in [-0.25, -0.2) is 19.9 Å². The molecule has 3 amide bonds. The maximum Gasteiger partial charge on any atom is 0.274 e. The number of rotatable bonds is 13. The molecule has 0 radical (unpaired) electrons. The molecular weight excluding hydrogens is 1030 g/mol. The zero-order valence-electron chi connectivity index (χ0n) is 42.0. The van der Waals surface area contributed by atoms with Crippen LogP contribution >= 0.6 is 34.8 Å². The Labute approximate surface area is 451 Å². The van der Waals surface area contributed by atoms with Crippen molar-refractivity contribution in [2.45, 2.75) is 78.4 Å². The Balaban J connectivity index is 0.835. The fourth-order valence-corrected chi connectivity index (χ4v) is 12.9. The predicted molar refractivity (Wildman–Crippen MR) is 286 cm³/mol. The second kappa shape index (κ2) is 19.8. The number of carbonyl (C=O) groups is 3. The van der Waals surface area contributed by atoms with Crippen LogP contribution in [0.5, 0.6) is 0 Å². The Morgan fingerprint density at radius 1 is 0.579 bits per heavy atom. The van der Waals surface area contributed by atoms with E-state index in [1.165, 1.54) is 21.8 Å². The molecule has 0 unspecified atom stereocenters. The van der Waals surface area contributed by atoms with Crippen LogP contribution in [0.2, 0.25) is 15.1 Å². The number of benzene rings is 1. The number of fused-ring (bicyclic) bond motifs is 3. The number of pyridine rings is 3. The van der Waals surface area contributed by atoms with Gasteiger partial charge < -0.3 is 38.5 Å². The summed E-state index contributed by atoms with van der Waals surface area (Å²) in [5.74, 6) is 0.900. The fraction of sp³-hybridized carbons (Fsp3) is 0.407. The molecular formula is C54H54Cl3N13O6. The summed E-state index contributed by atoms with van der Waals surface area (Å²) >= 11 is 21.1. The first kappa shape index (κ1) is 49.8. The Morgan fingerprint density at radius 3 is 1.76 bits per heavy atom. The second-order valence-corrected chi connectivity index (χ2v) is 22.2. The van der Waals surface area contributed by atoms with Crippen LogP contribution in [0.1, 0.15) is 64.2 Å². The van der Waals surface area contributed by atoms with Gasteiger partial charge in [-0.2, -0.15) is 0 Å². The van der Waals surface area contributed by atoms with Gasteiger partial charge >= 0.3 is 0 Å². The maximum absolute atomic E-state index is 15.2. The van der Waals surface area contributed by atoms with E-state index in [0.717, 1.165) is 35.8 Å². The summed E-state index contributed by atoms with van der Waals surface area (Å²) in [6, 6.07) is 11.9. The largest absolute Gasteiger partial charge is 0.371 e. The average Bonchev–Trinajstić information content (AvgIpc) is 4.17. The number of carbonyl (C=O) groups excluding carboxylic acids is 3. The van der Waals surface area contributed by atoms with Crippen molar-refractivity contribution in [2.24, 2.45) is 24.8 Å². The van der Waals surface area contributed by atoms with E-state index in [1.807, 2.05) is 24.3 Å². The van der Waals surface area contributed by atoms with Gasteiger partial charge in [-0.1, -0.05) is 53.0 Å². The number of anilines is 3. The lowest BCUT2D eigenvalue weighted by molar-refractivity contribution is -0.133. The quantitative estimate of drug-likeness (QED) is 0.152. The minimum Gasteiger partial charge on any atom is -0.371 e. The van der Waals surface area contributed by atoms with Gasteiger partial charge in [0.1, 0.15) is 33.5 Å². The smallest absolute Gasteiger partial charge is 0.274 e. The SMILES string of the molecule is Cc1c2c(n(CCc3c4c(n(-c5c6c(n(C)c(=O)c5Cl)CN(C(=O)CC5CN(c7ccccc7)C5)C6)c(=O)c3Cl)CN(C(=O)CC3CN(c5ccncn5)C3)C4)c(=O)c1Cl)CN(C(=O)CC1CN(c3cncnc3)C1)C2. The van der Waals surface area contributed by atoms with E-state index in [-0.39, 0.29) is 108 Å². The number of nitrogens with zero attached hydrogens (tertiary/aromatic N) is 13. The Morgan fingerprint density at radius 2 is 1.14 bits per heavy atom. The van der Waals surface area contributed by atoms with E-state index >= 15 is 4.79 Å². The summed E-state index contributed by atoms with van der Waals surface area (Å²) in [5, 5.41) is -0.302. The molecule has 3 fully saturated rings. The van der Waals surface area contributed by atoms with Crippen LogP contribution in [0.25, 0.3) is 5.69 Å². The number of halogens is 3. The first-order valence-corrected chi connectivity index (χ1v) is 26.7. The Bertz CT molecular complexity index is 3520. The third kappa shape index (κ3) is 8.78. The molecule has 0 spiro atoms.